The van der Waals surface area contributed by atoms with Crippen LogP contribution in [0.3, 0.4) is 0 Å². The number of pyridine rings is 1. The normalized spacial score (nSPS) is 23.7. The number of aromatic nitrogens is 5. The van der Waals surface area contributed by atoms with E-state index in [9.17, 15) is 0 Å². The van der Waals surface area contributed by atoms with Crippen LogP contribution in [0.15, 0.2) is 72.9 Å². The number of hydrogen-bond donors (Lipinski definition) is 0. The van der Waals surface area contributed by atoms with Crippen molar-refractivity contribution in [2.45, 2.75) is 37.7 Å². The van der Waals surface area contributed by atoms with Crippen LogP contribution >= 0.6 is 0 Å². The maximum Gasteiger partial charge on any atom is 0.204 e. The van der Waals surface area contributed by atoms with Gasteiger partial charge in [-0.2, -0.15) is 4.80 Å². The first-order valence-corrected chi connectivity index (χ1v) is 11.7. The Morgan fingerprint density at radius 3 is 2.36 bits per heavy atom. The molecule has 6 rings (SSSR count). The smallest absolute Gasteiger partial charge is 0.204 e. The molecule has 2 bridgehead atoms. The van der Waals surface area contributed by atoms with Gasteiger partial charge in [0.25, 0.3) is 0 Å². The van der Waals surface area contributed by atoms with Crippen molar-refractivity contribution >= 4 is 0 Å². The molecule has 0 N–H and O–H groups in total. The number of tetrazole rings is 1. The lowest BCUT2D eigenvalue weighted by molar-refractivity contribution is 0.299. The van der Waals surface area contributed by atoms with Crippen molar-refractivity contribution < 1.29 is 4.74 Å². The van der Waals surface area contributed by atoms with Gasteiger partial charge < -0.3 is 4.74 Å². The first-order chi connectivity index (χ1) is 16.2. The van der Waals surface area contributed by atoms with Crippen LogP contribution in [0.25, 0.3) is 11.4 Å². The third-order valence-corrected chi connectivity index (χ3v) is 7.50. The van der Waals surface area contributed by atoms with Crippen molar-refractivity contribution in [3.8, 4) is 17.1 Å². The number of fused-ring (bicyclic) bond motifs is 2. The molecule has 0 saturated heterocycles. The summed E-state index contributed by atoms with van der Waals surface area (Å²) in [6.07, 6.45) is 7.00. The van der Waals surface area contributed by atoms with Crippen molar-refractivity contribution in [1.29, 1.82) is 0 Å². The standard InChI is InChI=1S/C27H27N5O/c1-32-30-26(29-31-32)20-6-9-21(10-7-20)27(17-19-5-8-23(27)16-19)22-11-13-25(14-12-22)33-18-24-4-2-3-15-28-24/h2-4,6-7,9-15,19,23H,5,8,16-18H2,1H3. The van der Waals surface area contributed by atoms with Crippen LogP contribution in [-0.2, 0) is 19.1 Å². The molecule has 0 spiro atoms. The third kappa shape index (κ3) is 3.59. The van der Waals surface area contributed by atoms with Crippen LogP contribution in [0.1, 0.15) is 42.5 Å². The average molecular weight is 438 g/mol. The van der Waals surface area contributed by atoms with Gasteiger partial charge in [-0.1, -0.05) is 48.9 Å². The maximum absolute atomic E-state index is 5.99. The summed E-state index contributed by atoms with van der Waals surface area (Å²) in [7, 11) is 1.79. The molecule has 166 valence electrons. The molecule has 2 aliphatic rings. The minimum atomic E-state index is 0.0662. The van der Waals surface area contributed by atoms with Gasteiger partial charge in [-0.15, -0.1) is 10.2 Å². The lowest BCUT2D eigenvalue weighted by Gasteiger charge is -2.39. The minimum absolute atomic E-state index is 0.0662. The minimum Gasteiger partial charge on any atom is -0.487 e. The van der Waals surface area contributed by atoms with Crippen molar-refractivity contribution in [3.05, 3.63) is 89.7 Å². The van der Waals surface area contributed by atoms with Gasteiger partial charge in [0.05, 0.1) is 12.7 Å². The summed E-state index contributed by atoms with van der Waals surface area (Å²) in [5, 5.41) is 12.5. The first kappa shape index (κ1) is 20.1. The Labute approximate surface area is 193 Å². The highest BCUT2D eigenvalue weighted by Gasteiger charge is 2.52. The Bertz CT molecular complexity index is 1240. The van der Waals surface area contributed by atoms with Crippen LogP contribution in [0, 0.1) is 11.8 Å². The Kier molecular flexibility index (Phi) is 4.93. The summed E-state index contributed by atoms with van der Waals surface area (Å²) in [5.74, 6) is 3.05. The Hall–Kier alpha value is -3.54. The molecule has 3 atom stereocenters. The van der Waals surface area contributed by atoms with Crippen molar-refractivity contribution in [2.75, 3.05) is 0 Å². The molecule has 0 radical (unpaired) electrons. The van der Waals surface area contributed by atoms with Gasteiger partial charge in [-0.05, 0) is 71.7 Å². The fourth-order valence-corrected chi connectivity index (χ4v) is 6.01. The number of nitrogens with zero attached hydrogens (tertiary/aromatic N) is 5. The summed E-state index contributed by atoms with van der Waals surface area (Å²) in [4.78, 5) is 5.84. The molecule has 0 amide bonds. The van der Waals surface area contributed by atoms with E-state index in [1.807, 2.05) is 18.2 Å². The van der Waals surface area contributed by atoms with E-state index in [0.29, 0.717) is 18.3 Å². The lowest BCUT2D eigenvalue weighted by atomic mass is 9.64. The fraction of sp³-hybridized carbons (Fsp3) is 0.333. The van der Waals surface area contributed by atoms with Crippen LogP contribution in [0.5, 0.6) is 5.75 Å². The molecule has 3 unspecified atom stereocenters. The zero-order valence-corrected chi connectivity index (χ0v) is 18.8. The Morgan fingerprint density at radius 2 is 1.76 bits per heavy atom. The van der Waals surface area contributed by atoms with E-state index in [1.165, 1.54) is 41.6 Å². The second kappa shape index (κ2) is 8.10. The molecule has 6 nitrogen and oxygen atoms in total. The van der Waals surface area contributed by atoms with Crippen LogP contribution in [-0.4, -0.2) is 25.2 Å². The predicted molar refractivity (Wildman–Crippen MR) is 125 cm³/mol. The number of aryl methyl sites for hydroxylation is 1. The van der Waals surface area contributed by atoms with Crippen molar-refractivity contribution in [3.63, 3.8) is 0 Å². The third-order valence-electron chi connectivity index (χ3n) is 7.50. The highest BCUT2D eigenvalue weighted by molar-refractivity contribution is 5.56. The van der Waals surface area contributed by atoms with E-state index in [0.717, 1.165) is 22.9 Å². The highest BCUT2D eigenvalue weighted by atomic mass is 16.5. The number of benzene rings is 2. The number of rotatable bonds is 6. The predicted octanol–water partition coefficient (Wildman–Crippen LogP) is 4.96. The monoisotopic (exact) mass is 437 g/mol. The van der Waals surface area contributed by atoms with E-state index in [-0.39, 0.29) is 5.41 Å². The largest absolute Gasteiger partial charge is 0.487 e. The van der Waals surface area contributed by atoms with Gasteiger partial charge in [0.1, 0.15) is 12.4 Å². The highest BCUT2D eigenvalue weighted by Crippen LogP contribution is 2.60. The molecule has 2 aromatic carbocycles. The lowest BCUT2D eigenvalue weighted by Crippen LogP contribution is -2.34. The average Bonchev–Trinajstić information content (AvgIpc) is 3.61. The zero-order chi connectivity index (χ0) is 22.3. The molecule has 33 heavy (non-hydrogen) atoms. The summed E-state index contributed by atoms with van der Waals surface area (Å²) < 4.78 is 5.99. The first-order valence-electron chi connectivity index (χ1n) is 11.7. The second-order valence-electron chi connectivity index (χ2n) is 9.37. The molecule has 2 aromatic heterocycles. The molecule has 2 heterocycles. The van der Waals surface area contributed by atoms with Gasteiger partial charge in [-0.25, -0.2) is 0 Å². The molecular formula is C27H27N5O. The topological polar surface area (TPSA) is 65.7 Å². The van der Waals surface area contributed by atoms with E-state index < -0.39 is 0 Å². The summed E-state index contributed by atoms with van der Waals surface area (Å²) in [5.41, 5.74) is 4.79. The molecule has 2 fully saturated rings. The van der Waals surface area contributed by atoms with Gasteiger partial charge in [-0.3, -0.25) is 4.98 Å². The van der Waals surface area contributed by atoms with Crippen molar-refractivity contribution in [2.24, 2.45) is 18.9 Å². The quantitative estimate of drug-likeness (QED) is 0.427. The Morgan fingerprint density at radius 1 is 0.970 bits per heavy atom. The summed E-state index contributed by atoms with van der Waals surface area (Å²) in [6.45, 7) is 0.480. The number of hydrogen-bond acceptors (Lipinski definition) is 5. The summed E-state index contributed by atoms with van der Waals surface area (Å²) >= 11 is 0. The fourth-order valence-electron chi connectivity index (χ4n) is 6.01. The van der Waals surface area contributed by atoms with Crippen LogP contribution in [0.4, 0.5) is 0 Å². The Balaban J connectivity index is 1.29. The summed E-state index contributed by atoms with van der Waals surface area (Å²) in [6, 6.07) is 23.5. The second-order valence-corrected chi connectivity index (χ2v) is 9.37. The van der Waals surface area contributed by atoms with E-state index in [1.54, 1.807) is 13.2 Å². The molecule has 4 aromatic rings. The zero-order valence-electron chi connectivity index (χ0n) is 18.8. The van der Waals surface area contributed by atoms with Gasteiger partial charge >= 0.3 is 0 Å². The van der Waals surface area contributed by atoms with E-state index in [2.05, 4.69) is 68.9 Å². The van der Waals surface area contributed by atoms with Crippen LogP contribution < -0.4 is 4.74 Å². The maximum atomic E-state index is 5.99. The van der Waals surface area contributed by atoms with E-state index >= 15 is 0 Å². The molecule has 6 heteroatoms. The van der Waals surface area contributed by atoms with E-state index in [4.69, 9.17) is 4.74 Å². The van der Waals surface area contributed by atoms with Crippen LogP contribution in [0.2, 0.25) is 0 Å². The van der Waals surface area contributed by atoms with Gasteiger partial charge in [0, 0.05) is 17.2 Å². The molecule has 2 saturated carbocycles. The molecule has 2 aliphatic carbocycles. The van der Waals surface area contributed by atoms with Crippen molar-refractivity contribution in [1.82, 2.24) is 25.2 Å². The number of ether oxygens (including phenoxy) is 1. The van der Waals surface area contributed by atoms with Gasteiger partial charge in [0.2, 0.25) is 5.82 Å². The van der Waals surface area contributed by atoms with Gasteiger partial charge in [0.15, 0.2) is 0 Å². The SMILES string of the molecule is Cn1nnc(-c2ccc(C3(c4ccc(OCc5ccccn5)cc4)CC4CCC3C4)cc2)n1. The molecular weight excluding hydrogens is 410 g/mol. The molecule has 0 aliphatic heterocycles.